The summed E-state index contributed by atoms with van der Waals surface area (Å²) in [7, 11) is 0. The van der Waals surface area contributed by atoms with Crippen molar-refractivity contribution in [2.45, 2.75) is 13.8 Å². The molecular weight excluding hydrogens is 404 g/mol. The van der Waals surface area contributed by atoms with Crippen molar-refractivity contribution < 1.29 is 18.9 Å². The van der Waals surface area contributed by atoms with Gasteiger partial charge in [0.2, 0.25) is 0 Å². The summed E-state index contributed by atoms with van der Waals surface area (Å²) in [6.45, 7) is 3.60. The third kappa shape index (κ3) is 3.53. The van der Waals surface area contributed by atoms with Crippen molar-refractivity contribution in [1.82, 2.24) is 0 Å². The smallest absolute Gasteiger partial charge is 0.298 e. The molecule has 0 saturated carbocycles. The number of nitrogens with zero attached hydrogens (tertiary/aromatic N) is 2. The average molecular weight is 420 g/mol. The number of hydrogen-bond donors (Lipinski definition) is 0. The Morgan fingerprint density at radius 2 is 1.83 bits per heavy atom. The van der Waals surface area contributed by atoms with Gasteiger partial charge in [-0.3, -0.25) is 19.7 Å². The fraction of sp³-hybridized carbons (Fsp3) is 0.0909. The lowest BCUT2D eigenvalue weighted by molar-refractivity contribution is -0.384. The number of para-hydroxylation sites is 1. The minimum absolute atomic E-state index is 0.0595. The number of nitro groups is 1. The van der Waals surface area contributed by atoms with E-state index in [1.807, 2.05) is 19.1 Å². The summed E-state index contributed by atoms with van der Waals surface area (Å²) in [6.07, 6.45) is 1.48. The molecule has 0 radical (unpaired) electrons. The van der Waals surface area contributed by atoms with Gasteiger partial charge >= 0.3 is 0 Å². The first-order valence-corrected chi connectivity index (χ1v) is 9.85. The first-order chi connectivity index (χ1) is 14.3. The van der Waals surface area contributed by atoms with E-state index in [0.717, 1.165) is 27.8 Å². The molecule has 8 heteroatoms. The van der Waals surface area contributed by atoms with E-state index in [2.05, 4.69) is 0 Å². The van der Waals surface area contributed by atoms with Crippen molar-refractivity contribution in [3.63, 3.8) is 0 Å². The van der Waals surface area contributed by atoms with Crippen LogP contribution in [-0.4, -0.2) is 16.1 Å². The van der Waals surface area contributed by atoms with Gasteiger partial charge in [-0.05, 0) is 61.0 Å². The number of hydrogen-bond acceptors (Lipinski definition) is 6. The zero-order valence-corrected chi connectivity index (χ0v) is 16.9. The van der Waals surface area contributed by atoms with E-state index >= 15 is 0 Å². The Hall–Kier alpha value is -3.65. The van der Waals surface area contributed by atoms with E-state index in [9.17, 15) is 19.7 Å². The Morgan fingerprint density at radius 1 is 1.07 bits per heavy atom. The van der Waals surface area contributed by atoms with Crippen LogP contribution in [-0.2, 0) is 4.79 Å². The number of rotatable bonds is 4. The highest BCUT2D eigenvalue weighted by Gasteiger charge is 2.37. The third-order valence-corrected chi connectivity index (χ3v) is 5.54. The number of aryl methyl sites for hydroxylation is 2. The lowest BCUT2D eigenvalue weighted by atomic mass is 10.1. The molecule has 1 fully saturated rings. The first-order valence-electron chi connectivity index (χ1n) is 9.04. The molecule has 30 heavy (non-hydrogen) atoms. The lowest BCUT2D eigenvalue weighted by Gasteiger charge is -2.14. The molecule has 1 aliphatic rings. The molecule has 1 aromatic heterocycles. The third-order valence-electron chi connectivity index (χ3n) is 4.67. The molecule has 2 amide bonds. The van der Waals surface area contributed by atoms with Crippen LogP contribution in [0.25, 0.3) is 17.4 Å². The molecule has 2 heterocycles. The van der Waals surface area contributed by atoms with Crippen molar-refractivity contribution in [2.75, 3.05) is 4.90 Å². The van der Waals surface area contributed by atoms with Gasteiger partial charge in [-0.15, -0.1) is 0 Å². The normalized spacial score (nSPS) is 15.3. The molecule has 4 rings (SSSR count). The second-order valence-electron chi connectivity index (χ2n) is 6.78. The van der Waals surface area contributed by atoms with Crippen LogP contribution < -0.4 is 4.90 Å². The first kappa shape index (κ1) is 19.7. The zero-order valence-electron chi connectivity index (χ0n) is 16.1. The van der Waals surface area contributed by atoms with Crippen LogP contribution >= 0.6 is 11.8 Å². The average Bonchev–Trinajstić information content (AvgIpc) is 3.27. The highest BCUT2D eigenvalue weighted by Crippen LogP contribution is 2.38. The molecule has 1 aliphatic heterocycles. The largest absolute Gasteiger partial charge is 0.456 e. The topological polar surface area (TPSA) is 93.7 Å². The Labute approximate surface area is 176 Å². The molecule has 3 aromatic rings. The Kier molecular flexibility index (Phi) is 5.01. The summed E-state index contributed by atoms with van der Waals surface area (Å²) >= 11 is 0.826. The molecule has 1 saturated heterocycles. The van der Waals surface area contributed by atoms with Crippen molar-refractivity contribution in [3.05, 3.63) is 86.5 Å². The number of anilines is 1. The Bertz CT molecular complexity index is 1230. The van der Waals surface area contributed by atoms with E-state index in [1.165, 1.54) is 12.1 Å². The number of nitro benzene ring substituents is 1. The summed E-state index contributed by atoms with van der Waals surface area (Å²) in [5, 5.41) is 11.0. The summed E-state index contributed by atoms with van der Waals surface area (Å²) in [6, 6.07) is 15.2. The molecule has 150 valence electrons. The molecule has 7 nitrogen and oxygen atoms in total. The summed E-state index contributed by atoms with van der Waals surface area (Å²) in [5.74, 6) is 0.208. The van der Waals surface area contributed by atoms with Crippen LogP contribution in [0.15, 0.2) is 63.9 Å². The number of furan rings is 1. The van der Waals surface area contributed by atoms with Crippen LogP contribution in [0.3, 0.4) is 0 Å². The van der Waals surface area contributed by atoms with Crippen LogP contribution in [0.4, 0.5) is 16.2 Å². The zero-order chi connectivity index (χ0) is 21.4. The van der Waals surface area contributed by atoms with Crippen molar-refractivity contribution >= 4 is 40.4 Å². The number of carbonyl (C=O) groups is 2. The number of carbonyl (C=O) groups excluding carboxylic acids is 2. The van der Waals surface area contributed by atoms with Gasteiger partial charge in [-0.1, -0.05) is 24.3 Å². The highest BCUT2D eigenvalue weighted by molar-refractivity contribution is 8.19. The van der Waals surface area contributed by atoms with Gasteiger partial charge < -0.3 is 4.42 Å². The Morgan fingerprint density at radius 3 is 2.57 bits per heavy atom. The van der Waals surface area contributed by atoms with Crippen LogP contribution in [0, 0.1) is 24.0 Å². The molecule has 0 unspecified atom stereocenters. The summed E-state index contributed by atoms with van der Waals surface area (Å²) in [5.41, 5.74) is 2.41. The summed E-state index contributed by atoms with van der Waals surface area (Å²) in [4.78, 5) is 37.5. The van der Waals surface area contributed by atoms with Crippen LogP contribution in [0.2, 0.25) is 0 Å². The Balaban J connectivity index is 1.66. The SMILES string of the molecule is Cc1ccc(-c2ccc(/C=C3/SC(=O)N(c4ccccc4C)C3=O)o2)c([N+](=O)[O-])c1. The van der Waals surface area contributed by atoms with Gasteiger partial charge in [0.1, 0.15) is 11.5 Å². The van der Waals surface area contributed by atoms with Gasteiger partial charge in [0, 0.05) is 12.1 Å². The van der Waals surface area contributed by atoms with Crippen LogP contribution in [0.5, 0.6) is 0 Å². The van der Waals surface area contributed by atoms with Gasteiger partial charge in [-0.2, -0.15) is 0 Å². The van der Waals surface area contributed by atoms with Crippen molar-refractivity contribution in [3.8, 4) is 11.3 Å². The minimum atomic E-state index is -0.460. The second-order valence-corrected chi connectivity index (χ2v) is 7.78. The van der Waals surface area contributed by atoms with Gasteiger partial charge in [0.25, 0.3) is 16.8 Å². The molecule has 0 N–H and O–H groups in total. The van der Waals surface area contributed by atoms with E-state index in [4.69, 9.17) is 4.42 Å². The van der Waals surface area contributed by atoms with E-state index in [0.29, 0.717) is 22.8 Å². The fourth-order valence-corrected chi connectivity index (χ4v) is 4.01. The fourth-order valence-electron chi connectivity index (χ4n) is 3.20. The molecule has 0 bridgehead atoms. The van der Waals surface area contributed by atoms with E-state index in [-0.39, 0.29) is 15.8 Å². The minimum Gasteiger partial charge on any atom is -0.456 e. The van der Waals surface area contributed by atoms with Gasteiger partial charge in [0.05, 0.1) is 21.1 Å². The molecule has 0 aliphatic carbocycles. The maximum absolute atomic E-state index is 12.8. The van der Waals surface area contributed by atoms with Gasteiger partial charge in [0.15, 0.2) is 0 Å². The standard InChI is InChI=1S/C22H16N2O5S/c1-13-7-9-16(18(11-13)24(27)28)19-10-8-15(29-19)12-20-21(25)23(22(26)30-20)17-6-4-3-5-14(17)2/h3-12H,1-2H3/b20-12+. The lowest BCUT2D eigenvalue weighted by Crippen LogP contribution is -2.28. The number of amides is 2. The maximum Gasteiger partial charge on any atom is 0.298 e. The number of imide groups is 1. The number of thioether (sulfide) groups is 1. The maximum atomic E-state index is 12.8. The predicted molar refractivity (Wildman–Crippen MR) is 115 cm³/mol. The van der Waals surface area contributed by atoms with Crippen molar-refractivity contribution in [2.24, 2.45) is 0 Å². The van der Waals surface area contributed by atoms with Crippen LogP contribution in [0.1, 0.15) is 16.9 Å². The molecule has 0 atom stereocenters. The summed E-state index contributed by atoms with van der Waals surface area (Å²) < 4.78 is 5.73. The van der Waals surface area contributed by atoms with Crippen molar-refractivity contribution in [1.29, 1.82) is 0 Å². The molecule has 2 aromatic carbocycles. The molecule has 0 spiro atoms. The van der Waals surface area contributed by atoms with E-state index < -0.39 is 10.8 Å². The van der Waals surface area contributed by atoms with Gasteiger partial charge in [-0.25, -0.2) is 4.90 Å². The van der Waals surface area contributed by atoms with E-state index in [1.54, 1.807) is 43.3 Å². The molecular formula is C22H16N2O5S. The predicted octanol–water partition coefficient (Wildman–Crippen LogP) is 5.71. The quantitative estimate of drug-likeness (QED) is 0.305. The second kappa shape index (κ2) is 7.64. The highest BCUT2D eigenvalue weighted by atomic mass is 32.2. The monoisotopic (exact) mass is 420 g/mol. The number of benzene rings is 2.